The van der Waals surface area contributed by atoms with Crippen LogP contribution in [0.15, 0.2) is 24.3 Å². The molecule has 0 aliphatic carbocycles. The fourth-order valence-electron chi connectivity index (χ4n) is 3.02. The van der Waals surface area contributed by atoms with Crippen molar-refractivity contribution in [2.24, 2.45) is 11.8 Å². The van der Waals surface area contributed by atoms with Gasteiger partial charge in [0.15, 0.2) is 0 Å². The summed E-state index contributed by atoms with van der Waals surface area (Å²) in [6.07, 6.45) is 1.11. The minimum atomic E-state index is -0.796. The number of hydrogen-bond acceptors (Lipinski definition) is 3. The Labute approximate surface area is 137 Å². The van der Waals surface area contributed by atoms with Gasteiger partial charge in [0.05, 0.1) is 18.6 Å². The number of hydrogen-bond donors (Lipinski definition) is 2. The van der Waals surface area contributed by atoms with E-state index in [0.717, 1.165) is 19.4 Å². The Morgan fingerprint density at radius 1 is 1.35 bits per heavy atom. The average molecular weight is 322 g/mol. The number of amides is 1. The molecular weight excluding hydrogens is 295 g/mol. The smallest absolute Gasteiger partial charge is 0.227 e. The van der Waals surface area contributed by atoms with Crippen molar-refractivity contribution >= 4 is 5.91 Å². The van der Waals surface area contributed by atoms with Crippen molar-refractivity contribution in [1.82, 2.24) is 10.2 Å². The van der Waals surface area contributed by atoms with E-state index in [-0.39, 0.29) is 24.2 Å². The first-order valence-electron chi connectivity index (χ1n) is 8.40. The lowest BCUT2D eigenvalue weighted by Crippen LogP contribution is -2.45. The van der Waals surface area contributed by atoms with E-state index in [1.54, 1.807) is 17.0 Å². The first-order chi connectivity index (χ1) is 11.0. The molecule has 2 unspecified atom stereocenters. The molecule has 2 atom stereocenters. The highest BCUT2D eigenvalue weighted by Crippen LogP contribution is 2.19. The lowest BCUT2D eigenvalue weighted by atomic mass is 9.97. The van der Waals surface area contributed by atoms with Crippen LogP contribution in [0.5, 0.6) is 0 Å². The fraction of sp³-hybridized carbons (Fsp3) is 0.611. The quantitative estimate of drug-likeness (QED) is 0.845. The van der Waals surface area contributed by atoms with Gasteiger partial charge in [-0.05, 0) is 43.0 Å². The molecule has 1 aromatic carbocycles. The molecule has 1 fully saturated rings. The van der Waals surface area contributed by atoms with Gasteiger partial charge >= 0.3 is 0 Å². The summed E-state index contributed by atoms with van der Waals surface area (Å²) in [6, 6.07) is 5.80. The number of rotatable bonds is 6. The van der Waals surface area contributed by atoms with Crippen molar-refractivity contribution in [2.75, 3.05) is 26.2 Å². The van der Waals surface area contributed by atoms with Gasteiger partial charge in [-0.15, -0.1) is 0 Å². The molecular formula is C18H27FN2O2. The summed E-state index contributed by atoms with van der Waals surface area (Å²) in [4.78, 5) is 14.5. The number of aliphatic hydroxyl groups is 1. The number of benzene rings is 1. The maximum absolute atomic E-state index is 13.0. The molecule has 2 rings (SSSR count). The van der Waals surface area contributed by atoms with Gasteiger partial charge < -0.3 is 15.3 Å². The molecule has 0 bridgehead atoms. The molecule has 23 heavy (non-hydrogen) atoms. The van der Waals surface area contributed by atoms with Crippen LogP contribution in [0.3, 0.4) is 0 Å². The van der Waals surface area contributed by atoms with Crippen molar-refractivity contribution in [3.05, 3.63) is 35.6 Å². The first kappa shape index (κ1) is 17.9. The van der Waals surface area contributed by atoms with Crippen LogP contribution in [0.25, 0.3) is 0 Å². The van der Waals surface area contributed by atoms with Gasteiger partial charge in [-0.25, -0.2) is 4.39 Å². The first-order valence-corrected chi connectivity index (χ1v) is 8.40. The van der Waals surface area contributed by atoms with E-state index >= 15 is 0 Å². The van der Waals surface area contributed by atoms with Crippen molar-refractivity contribution in [2.45, 2.75) is 32.8 Å². The molecule has 2 N–H and O–H groups in total. The van der Waals surface area contributed by atoms with Crippen LogP contribution in [0.1, 0.15) is 38.4 Å². The second kappa shape index (κ2) is 8.41. The van der Waals surface area contributed by atoms with E-state index in [4.69, 9.17) is 0 Å². The third-order valence-electron chi connectivity index (χ3n) is 4.19. The Morgan fingerprint density at radius 2 is 2.04 bits per heavy atom. The van der Waals surface area contributed by atoms with Gasteiger partial charge in [-0.1, -0.05) is 26.0 Å². The molecule has 1 heterocycles. The summed E-state index contributed by atoms with van der Waals surface area (Å²) in [5.74, 6) is 0.0928. The topological polar surface area (TPSA) is 52.6 Å². The molecule has 1 amide bonds. The van der Waals surface area contributed by atoms with Crippen molar-refractivity contribution in [3.63, 3.8) is 0 Å². The largest absolute Gasteiger partial charge is 0.387 e. The number of halogens is 1. The maximum Gasteiger partial charge on any atom is 0.227 e. The second-order valence-corrected chi connectivity index (χ2v) is 6.75. The normalized spacial score (nSPS) is 19.6. The Balaban J connectivity index is 2.04. The number of carbonyl (C=O) groups is 1. The number of nitrogens with zero attached hydrogens (tertiary/aromatic N) is 1. The molecule has 1 aromatic rings. The van der Waals surface area contributed by atoms with Crippen LogP contribution < -0.4 is 5.32 Å². The Morgan fingerprint density at radius 3 is 2.61 bits per heavy atom. The number of piperidine rings is 1. The summed E-state index contributed by atoms with van der Waals surface area (Å²) < 4.78 is 13.0. The monoisotopic (exact) mass is 322 g/mol. The minimum Gasteiger partial charge on any atom is -0.387 e. The van der Waals surface area contributed by atoms with Crippen LogP contribution in [-0.4, -0.2) is 42.1 Å². The van der Waals surface area contributed by atoms with E-state index in [1.165, 1.54) is 12.1 Å². The molecule has 1 saturated heterocycles. The highest BCUT2D eigenvalue weighted by atomic mass is 19.1. The second-order valence-electron chi connectivity index (χ2n) is 6.75. The molecule has 0 saturated carbocycles. The van der Waals surface area contributed by atoms with Gasteiger partial charge in [0.2, 0.25) is 5.91 Å². The maximum atomic E-state index is 13.0. The average Bonchev–Trinajstić information content (AvgIpc) is 2.54. The highest BCUT2D eigenvalue weighted by Gasteiger charge is 2.27. The summed E-state index contributed by atoms with van der Waals surface area (Å²) in [7, 11) is 0. The predicted molar refractivity (Wildman–Crippen MR) is 88.4 cm³/mol. The van der Waals surface area contributed by atoms with Crippen LogP contribution >= 0.6 is 0 Å². The van der Waals surface area contributed by atoms with Crippen LogP contribution in [0, 0.1) is 17.7 Å². The number of nitrogens with one attached hydrogen (secondary N) is 1. The molecule has 4 nitrogen and oxygen atoms in total. The molecule has 1 aliphatic heterocycles. The van der Waals surface area contributed by atoms with Gasteiger partial charge in [0, 0.05) is 13.1 Å². The third kappa shape index (κ3) is 5.29. The SMILES string of the molecule is CC(C)CN(CC(O)c1ccc(F)cc1)C(=O)C1CCCNC1. The Hall–Kier alpha value is -1.46. The molecule has 0 aromatic heterocycles. The molecule has 1 aliphatic rings. The third-order valence-corrected chi connectivity index (χ3v) is 4.19. The zero-order valence-electron chi connectivity index (χ0n) is 14.0. The minimum absolute atomic E-state index is 0.0112. The zero-order valence-corrected chi connectivity index (χ0v) is 14.0. The van der Waals surface area contributed by atoms with Gasteiger partial charge in [0.1, 0.15) is 5.82 Å². The Bertz CT molecular complexity index is 498. The summed E-state index contributed by atoms with van der Waals surface area (Å²) >= 11 is 0. The van der Waals surface area contributed by atoms with E-state index in [2.05, 4.69) is 19.2 Å². The lowest BCUT2D eigenvalue weighted by Gasteiger charge is -2.32. The van der Waals surface area contributed by atoms with Gasteiger partial charge in [-0.2, -0.15) is 0 Å². The van der Waals surface area contributed by atoms with E-state index in [0.29, 0.717) is 24.6 Å². The number of aliphatic hydroxyl groups excluding tert-OH is 1. The van der Waals surface area contributed by atoms with Crippen molar-refractivity contribution in [1.29, 1.82) is 0 Å². The van der Waals surface area contributed by atoms with Crippen molar-refractivity contribution < 1.29 is 14.3 Å². The number of carbonyl (C=O) groups excluding carboxylic acids is 1. The predicted octanol–water partition coefficient (Wildman–Crippen LogP) is 2.34. The summed E-state index contributed by atoms with van der Waals surface area (Å²) in [5, 5.41) is 13.7. The standard InChI is InChI=1S/C18H27FN2O2/c1-13(2)11-21(18(23)15-4-3-9-20-10-15)12-17(22)14-5-7-16(19)8-6-14/h5-8,13,15,17,20,22H,3-4,9-12H2,1-2H3. The van der Waals surface area contributed by atoms with Gasteiger partial charge in [-0.3, -0.25) is 4.79 Å². The molecule has 5 heteroatoms. The van der Waals surface area contributed by atoms with Crippen LogP contribution in [0.4, 0.5) is 4.39 Å². The van der Waals surface area contributed by atoms with E-state index in [1.807, 2.05) is 0 Å². The zero-order chi connectivity index (χ0) is 16.8. The lowest BCUT2D eigenvalue weighted by molar-refractivity contribution is -0.138. The summed E-state index contributed by atoms with van der Waals surface area (Å²) in [5.41, 5.74) is 0.634. The highest BCUT2D eigenvalue weighted by molar-refractivity contribution is 5.79. The van der Waals surface area contributed by atoms with Crippen LogP contribution in [-0.2, 0) is 4.79 Å². The van der Waals surface area contributed by atoms with Crippen LogP contribution in [0.2, 0.25) is 0 Å². The summed E-state index contributed by atoms with van der Waals surface area (Å²) in [6.45, 7) is 6.66. The molecule has 0 radical (unpaired) electrons. The molecule has 128 valence electrons. The molecule has 0 spiro atoms. The van der Waals surface area contributed by atoms with Gasteiger partial charge in [0.25, 0.3) is 0 Å². The Kier molecular flexibility index (Phi) is 6.54. The van der Waals surface area contributed by atoms with E-state index in [9.17, 15) is 14.3 Å². The van der Waals surface area contributed by atoms with Crippen molar-refractivity contribution in [3.8, 4) is 0 Å². The fourth-order valence-corrected chi connectivity index (χ4v) is 3.02. The van der Waals surface area contributed by atoms with E-state index < -0.39 is 6.10 Å².